The number of Topliss-reactive ketones (excluding diaryl/α,β-unsaturated/α-hetero) is 1. The molecule has 1 aromatic carbocycles. The van der Waals surface area contributed by atoms with E-state index in [0.717, 1.165) is 4.90 Å². The molecule has 1 nitrogen and oxygen atoms in total. The summed E-state index contributed by atoms with van der Waals surface area (Å²) in [7, 11) is 0. The van der Waals surface area contributed by atoms with Gasteiger partial charge in [-0.1, -0.05) is 0 Å². The van der Waals surface area contributed by atoms with E-state index < -0.39 is 0 Å². The van der Waals surface area contributed by atoms with E-state index in [1.54, 1.807) is 12.1 Å². The molecule has 0 aliphatic heterocycles. The van der Waals surface area contributed by atoms with Gasteiger partial charge in [0.1, 0.15) is 11.6 Å². The first-order valence-electron chi connectivity index (χ1n) is 3.56. The van der Waals surface area contributed by atoms with Gasteiger partial charge in [-0.2, -0.15) is 0 Å². The summed E-state index contributed by atoms with van der Waals surface area (Å²) in [6.07, 6.45) is 0. The number of carbonyl (C=O) groups excluding carboxylic acids is 1. The summed E-state index contributed by atoms with van der Waals surface area (Å²) < 4.78 is 12.4. The van der Waals surface area contributed by atoms with E-state index in [2.05, 4.69) is 0 Å². The molecular formula is C9H9FOS. The van der Waals surface area contributed by atoms with E-state index in [9.17, 15) is 9.18 Å². The third-order valence-corrected chi connectivity index (χ3v) is 2.41. The number of halogens is 1. The topological polar surface area (TPSA) is 17.1 Å². The fraction of sp³-hybridized carbons (Fsp3) is 0.222. The Bertz CT molecular complexity index is 268. The van der Waals surface area contributed by atoms with Gasteiger partial charge in [0.05, 0.1) is 5.75 Å². The van der Waals surface area contributed by atoms with Crippen LogP contribution in [0, 0.1) is 5.82 Å². The number of ketones is 1. The van der Waals surface area contributed by atoms with Crippen LogP contribution in [-0.2, 0) is 4.79 Å². The van der Waals surface area contributed by atoms with Crippen LogP contribution in [0.15, 0.2) is 29.2 Å². The second-order valence-corrected chi connectivity index (χ2v) is 3.49. The van der Waals surface area contributed by atoms with Crippen molar-refractivity contribution in [3.05, 3.63) is 30.1 Å². The summed E-state index contributed by atoms with van der Waals surface area (Å²) in [6.45, 7) is 1.54. The largest absolute Gasteiger partial charge is 0.299 e. The number of thioether (sulfide) groups is 1. The van der Waals surface area contributed by atoms with Crippen LogP contribution in [0.1, 0.15) is 6.92 Å². The average molecular weight is 184 g/mol. The minimum Gasteiger partial charge on any atom is -0.299 e. The Morgan fingerprint density at radius 2 is 2.00 bits per heavy atom. The first kappa shape index (κ1) is 9.26. The van der Waals surface area contributed by atoms with Crippen LogP contribution in [0.2, 0.25) is 0 Å². The molecule has 3 heteroatoms. The first-order chi connectivity index (χ1) is 5.68. The number of benzene rings is 1. The lowest BCUT2D eigenvalue weighted by Gasteiger charge is -1.97. The van der Waals surface area contributed by atoms with Crippen molar-refractivity contribution in [2.45, 2.75) is 11.8 Å². The molecule has 0 radical (unpaired) electrons. The van der Waals surface area contributed by atoms with Crippen molar-refractivity contribution in [2.75, 3.05) is 5.75 Å². The summed E-state index contributed by atoms with van der Waals surface area (Å²) in [5.74, 6) is 0.331. The zero-order chi connectivity index (χ0) is 8.97. The molecule has 0 fully saturated rings. The van der Waals surface area contributed by atoms with Crippen molar-refractivity contribution >= 4 is 17.5 Å². The minimum absolute atomic E-state index is 0.129. The third-order valence-electron chi connectivity index (χ3n) is 1.26. The van der Waals surface area contributed by atoms with Gasteiger partial charge in [0.2, 0.25) is 0 Å². The monoisotopic (exact) mass is 184 g/mol. The molecule has 1 aromatic rings. The maximum Gasteiger partial charge on any atom is 0.140 e. The van der Waals surface area contributed by atoms with Gasteiger partial charge in [0.25, 0.3) is 0 Å². The minimum atomic E-state index is -0.248. The zero-order valence-corrected chi connectivity index (χ0v) is 7.53. The molecule has 0 aromatic heterocycles. The Morgan fingerprint density at radius 3 is 2.50 bits per heavy atom. The Morgan fingerprint density at radius 1 is 1.42 bits per heavy atom. The highest BCUT2D eigenvalue weighted by molar-refractivity contribution is 8.00. The van der Waals surface area contributed by atoms with Crippen molar-refractivity contribution in [3.63, 3.8) is 0 Å². The van der Waals surface area contributed by atoms with E-state index in [1.165, 1.54) is 30.8 Å². The molecule has 0 unspecified atom stereocenters. The smallest absolute Gasteiger partial charge is 0.140 e. The van der Waals surface area contributed by atoms with E-state index in [4.69, 9.17) is 0 Å². The summed E-state index contributed by atoms with van der Waals surface area (Å²) >= 11 is 1.42. The van der Waals surface area contributed by atoms with E-state index >= 15 is 0 Å². The summed E-state index contributed by atoms with van der Waals surface area (Å²) in [6, 6.07) is 6.12. The molecule has 0 aliphatic carbocycles. The molecule has 0 atom stereocenters. The SMILES string of the molecule is CC(=O)CSc1ccc(F)cc1. The van der Waals surface area contributed by atoms with Crippen molar-refractivity contribution in [3.8, 4) is 0 Å². The van der Waals surface area contributed by atoms with Crippen LogP contribution in [0.5, 0.6) is 0 Å². The van der Waals surface area contributed by atoms with Crippen LogP contribution in [0.3, 0.4) is 0 Å². The highest BCUT2D eigenvalue weighted by Gasteiger charge is 1.96. The molecule has 0 bridgehead atoms. The van der Waals surface area contributed by atoms with Gasteiger partial charge in [-0.25, -0.2) is 4.39 Å². The molecule has 1 rings (SSSR count). The van der Waals surface area contributed by atoms with Crippen LogP contribution < -0.4 is 0 Å². The van der Waals surface area contributed by atoms with Crippen LogP contribution in [0.4, 0.5) is 4.39 Å². The van der Waals surface area contributed by atoms with E-state index in [-0.39, 0.29) is 11.6 Å². The lowest BCUT2D eigenvalue weighted by atomic mass is 10.4. The number of hydrogen-bond acceptors (Lipinski definition) is 2. The molecule has 0 aliphatic rings. The van der Waals surface area contributed by atoms with Crippen molar-refractivity contribution in [2.24, 2.45) is 0 Å². The maximum atomic E-state index is 12.4. The quantitative estimate of drug-likeness (QED) is 0.671. The molecule has 12 heavy (non-hydrogen) atoms. The molecule has 0 saturated heterocycles. The van der Waals surface area contributed by atoms with Gasteiger partial charge in [-0.15, -0.1) is 11.8 Å². The number of rotatable bonds is 3. The van der Waals surface area contributed by atoms with Gasteiger partial charge < -0.3 is 0 Å². The number of carbonyl (C=O) groups is 1. The lowest BCUT2D eigenvalue weighted by Crippen LogP contribution is -1.92. The predicted octanol–water partition coefficient (Wildman–Crippen LogP) is 2.51. The maximum absolute atomic E-state index is 12.4. The molecule has 64 valence electrons. The second kappa shape index (κ2) is 4.26. The second-order valence-electron chi connectivity index (χ2n) is 2.44. The third kappa shape index (κ3) is 3.05. The van der Waals surface area contributed by atoms with E-state index in [0.29, 0.717) is 5.75 Å². The van der Waals surface area contributed by atoms with Gasteiger partial charge in [-0.3, -0.25) is 4.79 Å². The van der Waals surface area contributed by atoms with Crippen molar-refractivity contribution in [1.82, 2.24) is 0 Å². The lowest BCUT2D eigenvalue weighted by molar-refractivity contribution is -0.114. The van der Waals surface area contributed by atoms with Crippen molar-refractivity contribution < 1.29 is 9.18 Å². The Balaban J connectivity index is 2.53. The Kier molecular flexibility index (Phi) is 3.29. The predicted molar refractivity (Wildman–Crippen MR) is 47.8 cm³/mol. The van der Waals surface area contributed by atoms with Gasteiger partial charge in [-0.05, 0) is 31.2 Å². The molecule has 0 heterocycles. The first-order valence-corrected chi connectivity index (χ1v) is 4.55. The highest BCUT2D eigenvalue weighted by atomic mass is 32.2. The van der Waals surface area contributed by atoms with Gasteiger partial charge in [0.15, 0.2) is 0 Å². The highest BCUT2D eigenvalue weighted by Crippen LogP contribution is 2.17. The number of hydrogen-bond donors (Lipinski definition) is 0. The van der Waals surface area contributed by atoms with E-state index in [1.807, 2.05) is 0 Å². The van der Waals surface area contributed by atoms with Crippen LogP contribution >= 0.6 is 11.8 Å². The molecule has 0 amide bonds. The molecule has 0 spiro atoms. The van der Waals surface area contributed by atoms with Crippen LogP contribution in [0.25, 0.3) is 0 Å². The normalized spacial score (nSPS) is 9.83. The van der Waals surface area contributed by atoms with Crippen LogP contribution in [-0.4, -0.2) is 11.5 Å². The standard InChI is InChI=1S/C9H9FOS/c1-7(11)6-12-9-4-2-8(10)3-5-9/h2-5H,6H2,1H3. The summed E-state index contributed by atoms with van der Waals surface area (Å²) in [4.78, 5) is 11.5. The molecule has 0 saturated carbocycles. The fourth-order valence-corrected chi connectivity index (χ4v) is 1.41. The summed E-state index contributed by atoms with van der Waals surface area (Å²) in [5.41, 5.74) is 0. The Hall–Kier alpha value is -0.830. The molecule has 0 N–H and O–H groups in total. The molecular weight excluding hydrogens is 175 g/mol. The van der Waals surface area contributed by atoms with Gasteiger partial charge >= 0.3 is 0 Å². The van der Waals surface area contributed by atoms with Gasteiger partial charge in [0, 0.05) is 4.90 Å². The van der Waals surface area contributed by atoms with Crippen molar-refractivity contribution in [1.29, 1.82) is 0 Å². The zero-order valence-electron chi connectivity index (χ0n) is 6.71. The average Bonchev–Trinajstić information content (AvgIpc) is 2.03. The fourth-order valence-electron chi connectivity index (χ4n) is 0.716. The summed E-state index contributed by atoms with van der Waals surface area (Å²) in [5, 5.41) is 0. The Labute approximate surface area is 75.0 Å².